The number of carbonyl (C=O) groups excluding carboxylic acids is 1. The summed E-state index contributed by atoms with van der Waals surface area (Å²) in [7, 11) is 0. The molecule has 0 aromatic rings. The van der Waals surface area contributed by atoms with E-state index in [-0.39, 0.29) is 11.8 Å². The Hall–Kier alpha value is 0.300. The molecule has 16 heavy (non-hydrogen) atoms. The quantitative estimate of drug-likeness (QED) is 0.623. The van der Waals surface area contributed by atoms with Crippen LogP contribution in [0, 0.1) is 5.92 Å². The summed E-state index contributed by atoms with van der Waals surface area (Å²) in [6.07, 6.45) is -0.595. The summed E-state index contributed by atoms with van der Waals surface area (Å²) in [5.74, 6) is -0.256. The summed E-state index contributed by atoms with van der Waals surface area (Å²) in [5, 5.41) is 2.75. The van der Waals surface area contributed by atoms with Crippen LogP contribution >= 0.6 is 34.8 Å². The lowest BCUT2D eigenvalue weighted by atomic mass is 10.2. The van der Waals surface area contributed by atoms with Crippen molar-refractivity contribution in [1.82, 2.24) is 10.2 Å². The Balaban J connectivity index is 4.75. The molecule has 0 fully saturated rings. The van der Waals surface area contributed by atoms with E-state index in [0.29, 0.717) is 13.1 Å². The molecular formula is C10H19Cl3N2O. The predicted octanol–water partition coefficient (Wildman–Crippen LogP) is 2.80. The standard InChI is InChI=1S/C10H19Cl3N2O/c1-5-15(6-2)9(10(11,12)13)14-8(16)7(3)4/h7,9H,5-6H2,1-4H3,(H,14,16)/t9-/m0/s1. The molecule has 0 aromatic heterocycles. The minimum atomic E-state index is -1.53. The third kappa shape index (κ3) is 5.09. The number of hydrogen-bond donors (Lipinski definition) is 1. The average molecular weight is 290 g/mol. The van der Waals surface area contributed by atoms with Gasteiger partial charge in [-0.25, -0.2) is 0 Å². The monoisotopic (exact) mass is 288 g/mol. The SMILES string of the molecule is CCN(CC)[C@H](NC(=O)C(C)C)C(Cl)(Cl)Cl. The highest BCUT2D eigenvalue weighted by molar-refractivity contribution is 6.68. The molecule has 0 aliphatic rings. The fourth-order valence-electron chi connectivity index (χ4n) is 1.27. The molecule has 0 heterocycles. The molecule has 0 bridgehead atoms. The van der Waals surface area contributed by atoms with E-state index in [1.807, 2.05) is 18.7 Å². The molecule has 6 heteroatoms. The van der Waals surface area contributed by atoms with E-state index in [4.69, 9.17) is 34.8 Å². The Kier molecular flexibility index (Phi) is 7.03. The van der Waals surface area contributed by atoms with Gasteiger partial charge in [-0.05, 0) is 13.1 Å². The number of nitrogens with zero attached hydrogens (tertiary/aromatic N) is 1. The number of rotatable bonds is 5. The van der Waals surface area contributed by atoms with Crippen molar-refractivity contribution >= 4 is 40.7 Å². The highest BCUT2D eigenvalue weighted by Crippen LogP contribution is 2.32. The first-order valence-corrected chi connectivity index (χ1v) is 6.48. The molecule has 0 aliphatic heterocycles. The molecule has 1 N–H and O–H groups in total. The zero-order chi connectivity index (χ0) is 12.9. The first-order valence-electron chi connectivity index (χ1n) is 5.35. The predicted molar refractivity (Wildman–Crippen MR) is 70.0 cm³/mol. The highest BCUT2D eigenvalue weighted by Gasteiger charge is 2.37. The van der Waals surface area contributed by atoms with E-state index in [1.54, 1.807) is 13.8 Å². The summed E-state index contributed by atoms with van der Waals surface area (Å²) in [4.78, 5) is 13.5. The van der Waals surface area contributed by atoms with E-state index in [2.05, 4.69) is 5.32 Å². The van der Waals surface area contributed by atoms with Gasteiger partial charge in [-0.2, -0.15) is 0 Å². The summed E-state index contributed by atoms with van der Waals surface area (Å²) in [6, 6.07) is 0. The number of hydrogen-bond acceptors (Lipinski definition) is 2. The fraction of sp³-hybridized carbons (Fsp3) is 0.900. The van der Waals surface area contributed by atoms with Gasteiger partial charge >= 0.3 is 0 Å². The topological polar surface area (TPSA) is 32.3 Å². The van der Waals surface area contributed by atoms with E-state index >= 15 is 0 Å². The summed E-state index contributed by atoms with van der Waals surface area (Å²) in [6.45, 7) is 8.91. The molecule has 0 spiro atoms. The fourth-order valence-corrected chi connectivity index (χ4v) is 1.85. The van der Waals surface area contributed by atoms with Crippen molar-refractivity contribution in [2.45, 2.75) is 37.7 Å². The maximum Gasteiger partial charge on any atom is 0.223 e. The Labute approximate surface area is 112 Å². The van der Waals surface area contributed by atoms with Crippen LogP contribution in [0.1, 0.15) is 27.7 Å². The Morgan fingerprint density at radius 3 is 1.94 bits per heavy atom. The second-order valence-corrected chi connectivity index (χ2v) is 6.20. The Bertz CT molecular complexity index is 225. The molecule has 1 amide bonds. The Morgan fingerprint density at radius 1 is 1.25 bits per heavy atom. The van der Waals surface area contributed by atoms with Gasteiger partial charge in [-0.15, -0.1) is 0 Å². The van der Waals surface area contributed by atoms with Crippen molar-refractivity contribution in [3.8, 4) is 0 Å². The van der Waals surface area contributed by atoms with Gasteiger partial charge in [0.1, 0.15) is 6.17 Å². The summed E-state index contributed by atoms with van der Waals surface area (Å²) >= 11 is 17.6. The number of halogens is 3. The van der Waals surface area contributed by atoms with Crippen LogP contribution in [-0.2, 0) is 4.79 Å². The minimum Gasteiger partial charge on any atom is -0.336 e. The maximum absolute atomic E-state index is 11.6. The second kappa shape index (κ2) is 6.90. The van der Waals surface area contributed by atoms with Gasteiger partial charge in [0.2, 0.25) is 9.70 Å². The first kappa shape index (κ1) is 16.3. The molecule has 0 rings (SSSR count). The lowest BCUT2D eigenvalue weighted by Crippen LogP contribution is -2.56. The van der Waals surface area contributed by atoms with Gasteiger partial charge in [-0.1, -0.05) is 62.5 Å². The van der Waals surface area contributed by atoms with E-state index < -0.39 is 9.96 Å². The lowest BCUT2D eigenvalue weighted by Gasteiger charge is -2.35. The molecule has 0 aliphatic carbocycles. The molecule has 3 nitrogen and oxygen atoms in total. The maximum atomic E-state index is 11.6. The second-order valence-electron chi connectivity index (χ2n) is 3.83. The Morgan fingerprint density at radius 2 is 1.69 bits per heavy atom. The van der Waals surface area contributed by atoms with Crippen LogP contribution in [0.15, 0.2) is 0 Å². The van der Waals surface area contributed by atoms with Crippen molar-refractivity contribution in [3.05, 3.63) is 0 Å². The van der Waals surface area contributed by atoms with Gasteiger partial charge in [0.25, 0.3) is 0 Å². The molecule has 0 unspecified atom stereocenters. The van der Waals surface area contributed by atoms with Crippen LogP contribution in [-0.4, -0.2) is 33.9 Å². The van der Waals surface area contributed by atoms with Crippen molar-refractivity contribution in [2.24, 2.45) is 5.92 Å². The number of alkyl halides is 3. The minimum absolute atomic E-state index is 0.122. The van der Waals surface area contributed by atoms with Crippen LogP contribution in [0.2, 0.25) is 0 Å². The van der Waals surface area contributed by atoms with Crippen LogP contribution in [0.5, 0.6) is 0 Å². The third-order valence-corrected chi connectivity index (χ3v) is 2.91. The third-order valence-electron chi connectivity index (χ3n) is 2.29. The smallest absolute Gasteiger partial charge is 0.223 e. The zero-order valence-corrected chi connectivity index (χ0v) is 12.3. The van der Waals surface area contributed by atoms with Crippen molar-refractivity contribution in [2.75, 3.05) is 13.1 Å². The summed E-state index contributed by atoms with van der Waals surface area (Å²) in [5.41, 5.74) is 0. The lowest BCUT2D eigenvalue weighted by molar-refractivity contribution is -0.126. The van der Waals surface area contributed by atoms with E-state index in [0.717, 1.165) is 0 Å². The summed E-state index contributed by atoms with van der Waals surface area (Å²) < 4.78 is -1.53. The van der Waals surface area contributed by atoms with Crippen LogP contribution < -0.4 is 5.32 Å². The van der Waals surface area contributed by atoms with Crippen molar-refractivity contribution in [3.63, 3.8) is 0 Å². The van der Waals surface area contributed by atoms with E-state index in [1.165, 1.54) is 0 Å². The molecule has 0 radical (unpaired) electrons. The molecule has 96 valence electrons. The average Bonchev–Trinajstić information content (AvgIpc) is 2.16. The van der Waals surface area contributed by atoms with Crippen LogP contribution in [0.4, 0.5) is 0 Å². The van der Waals surface area contributed by atoms with Gasteiger partial charge in [0.15, 0.2) is 0 Å². The van der Waals surface area contributed by atoms with Gasteiger partial charge in [0.05, 0.1) is 0 Å². The number of amides is 1. The highest BCUT2D eigenvalue weighted by atomic mass is 35.6. The van der Waals surface area contributed by atoms with Crippen molar-refractivity contribution < 1.29 is 4.79 Å². The number of nitrogens with one attached hydrogen (secondary N) is 1. The normalized spacial score (nSPS) is 14.3. The van der Waals surface area contributed by atoms with Gasteiger partial charge in [0, 0.05) is 5.92 Å². The molecule has 0 saturated carbocycles. The molecule has 1 atom stereocenters. The van der Waals surface area contributed by atoms with Crippen LogP contribution in [0.25, 0.3) is 0 Å². The van der Waals surface area contributed by atoms with Crippen LogP contribution in [0.3, 0.4) is 0 Å². The zero-order valence-electron chi connectivity index (χ0n) is 10.1. The largest absolute Gasteiger partial charge is 0.336 e. The number of carbonyl (C=O) groups is 1. The molecule has 0 saturated heterocycles. The van der Waals surface area contributed by atoms with Crippen molar-refractivity contribution in [1.29, 1.82) is 0 Å². The van der Waals surface area contributed by atoms with Gasteiger partial charge in [-0.3, -0.25) is 9.69 Å². The van der Waals surface area contributed by atoms with E-state index in [9.17, 15) is 4.79 Å². The molecular weight excluding hydrogens is 270 g/mol. The van der Waals surface area contributed by atoms with Gasteiger partial charge < -0.3 is 5.32 Å². The molecule has 0 aromatic carbocycles. The first-order chi connectivity index (χ1) is 7.23.